The average Bonchev–Trinajstić information content (AvgIpc) is 2.30. The molecule has 0 rings (SSSR count). The first-order valence-electron chi connectivity index (χ1n) is 6.86. The molecule has 0 aromatic heterocycles. The fourth-order valence-corrected chi connectivity index (χ4v) is 12.5. The summed E-state index contributed by atoms with van der Waals surface area (Å²) in [5, 5.41) is 0. The molecule has 118 valence electrons. The molecule has 0 aliphatic carbocycles. The van der Waals surface area contributed by atoms with Crippen molar-refractivity contribution in [2.45, 2.75) is 40.8 Å². The monoisotopic (exact) mass is 449 g/mol. The fourth-order valence-electron chi connectivity index (χ4n) is 1.53. The first kappa shape index (κ1) is 19.5. The van der Waals surface area contributed by atoms with E-state index in [-0.39, 0.29) is 6.23 Å². The predicted molar refractivity (Wildman–Crippen MR) is 70.7 cm³/mol. The summed E-state index contributed by atoms with van der Waals surface area (Å²) < 4.78 is 29.5. The van der Waals surface area contributed by atoms with Crippen LogP contribution in [0.1, 0.15) is 34.6 Å². The third-order valence-corrected chi connectivity index (χ3v) is 14.5. The molecule has 6 nitrogen and oxygen atoms in total. The van der Waals surface area contributed by atoms with E-state index in [1.165, 1.54) is 0 Å². The molecule has 0 N–H and O–H groups in total. The Bertz CT molecular complexity index is 217. The van der Waals surface area contributed by atoms with Crippen LogP contribution in [0, 0.1) is 0 Å². The molecule has 19 heavy (non-hydrogen) atoms. The topological polar surface area (TPSA) is 49.4 Å². The van der Waals surface area contributed by atoms with Crippen molar-refractivity contribution in [3.63, 3.8) is 0 Å². The third kappa shape index (κ3) is 5.41. The zero-order valence-electron chi connectivity index (χ0n) is 13.3. The standard InChI is InChI=1S/C4H10NO.4C2H5O.Ta/c1-4(6)5(2)3;4*1-2-3;/h4H,1-3H3;4*2H2,1H3;/q5*-1;+5. The zero-order chi connectivity index (χ0) is 15.0. The second kappa shape index (κ2) is 8.71. The van der Waals surface area contributed by atoms with E-state index in [1.54, 1.807) is 0 Å². The first-order valence-corrected chi connectivity index (χ1v) is 13.4. The van der Waals surface area contributed by atoms with E-state index >= 15 is 0 Å². The van der Waals surface area contributed by atoms with Crippen LogP contribution in [-0.4, -0.2) is 51.7 Å². The molecule has 0 saturated carbocycles. The number of hydrogen-bond acceptors (Lipinski definition) is 6. The quantitative estimate of drug-likeness (QED) is 0.452. The Morgan fingerprint density at radius 2 is 1.11 bits per heavy atom. The zero-order valence-corrected chi connectivity index (χ0v) is 16.6. The van der Waals surface area contributed by atoms with Gasteiger partial charge in [0, 0.05) is 0 Å². The van der Waals surface area contributed by atoms with E-state index in [0.29, 0.717) is 26.4 Å². The van der Waals surface area contributed by atoms with Crippen molar-refractivity contribution in [3.8, 4) is 0 Å². The SMILES string of the molecule is CC[O][Ta]([O]CC)([O]CC)([O]CC)[O]C(C)N(C)C. The van der Waals surface area contributed by atoms with Gasteiger partial charge in [-0.2, -0.15) is 0 Å². The molecule has 0 aromatic rings. The van der Waals surface area contributed by atoms with Crippen LogP contribution in [0.4, 0.5) is 0 Å². The molecule has 0 fully saturated rings. The van der Waals surface area contributed by atoms with Gasteiger partial charge in [-0.3, -0.25) is 0 Å². The minimum atomic E-state index is -5.09. The summed E-state index contributed by atoms with van der Waals surface area (Å²) in [5.41, 5.74) is 0. The van der Waals surface area contributed by atoms with Gasteiger partial charge in [-0.15, -0.1) is 0 Å². The Balaban J connectivity index is 5.42. The molecule has 0 aromatic carbocycles. The van der Waals surface area contributed by atoms with Crippen LogP contribution in [0.2, 0.25) is 0 Å². The van der Waals surface area contributed by atoms with Crippen molar-refractivity contribution >= 4 is 0 Å². The van der Waals surface area contributed by atoms with Crippen LogP contribution < -0.4 is 0 Å². The summed E-state index contributed by atoms with van der Waals surface area (Å²) in [7, 11) is 3.84. The van der Waals surface area contributed by atoms with Crippen LogP contribution in [0.5, 0.6) is 0 Å². The molecule has 0 heterocycles. The molecule has 0 aliphatic rings. The van der Waals surface area contributed by atoms with Crippen LogP contribution in [0.3, 0.4) is 0 Å². The molecule has 1 unspecified atom stereocenters. The summed E-state index contributed by atoms with van der Waals surface area (Å²) in [5.74, 6) is 0. The van der Waals surface area contributed by atoms with Crippen LogP contribution in [-0.2, 0) is 34.0 Å². The van der Waals surface area contributed by atoms with Crippen molar-refractivity contribution in [1.29, 1.82) is 0 Å². The molecule has 0 aliphatic heterocycles. The van der Waals surface area contributed by atoms with Crippen LogP contribution >= 0.6 is 0 Å². The average molecular weight is 449 g/mol. The molecule has 1 atom stereocenters. The summed E-state index contributed by atoms with van der Waals surface area (Å²) in [6.07, 6.45) is -0.219. The maximum absolute atomic E-state index is 6.10. The Morgan fingerprint density at radius 3 is 1.32 bits per heavy atom. The molecular formula is C12H30NO5Ta. The van der Waals surface area contributed by atoms with Crippen molar-refractivity contribution < 1.29 is 34.0 Å². The first-order chi connectivity index (χ1) is 8.88. The van der Waals surface area contributed by atoms with Crippen LogP contribution in [0.25, 0.3) is 0 Å². The molecule has 0 amide bonds. The van der Waals surface area contributed by atoms with Gasteiger partial charge in [-0.05, 0) is 0 Å². The van der Waals surface area contributed by atoms with Gasteiger partial charge in [0.15, 0.2) is 0 Å². The number of hydrogen-bond donors (Lipinski definition) is 0. The van der Waals surface area contributed by atoms with Crippen molar-refractivity contribution in [2.24, 2.45) is 0 Å². The summed E-state index contributed by atoms with van der Waals surface area (Å²) in [6.45, 7) is 11.2. The van der Waals surface area contributed by atoms with Crippen LogP contribution in [0.15, 0.2) is 0 Å². The van der Waals surface area contributed by atoms with E-state index in [0.717, 1.165) is 0 Å². The molecule has 0 saturated heterocycles. The summed E-state index contributed by atoms with van der Waals surface area (Å²) >= 11 is -5.09. The molecule has 0 spiro atoms. The van der Waals surface area contributed by atoms with E-state index in [4.69, 9.17) is 16.2 Å². The second-order valence-corrected chi connectivity index (χ2v) is 13.9. The van der Waals surface area contributed by atoms with E-state index in [9.17, 15) is 0 Å². The van der Waals surface area contributed by atoms with E-state index in [1.807, 2.05) is 53.6 Å². The van der Waals surface area contributed by atoms with Gasteiger partial charge in [-0.25, -0.2) is 0 Å². The normalized spacial score (nSPS) is 16.3. The fraction of sp³-hybridized carbons (Fsp3) is 1.00. The Kier molecular flexibility index (Phi) is 8.94. The Morgan fingerprint density at radius 1 is 0.789 bits per heavy atom. The predicted octanol–water partition coefficient (Wildman–Crippen LogP) is 2.32. The van der Waals surface area contributed by atoms with Crippen molar-refractivity contribution in [1.82, 2.24) is 4.90 Å². The van der Waals surface area contributed by atoms with E-state index < -0.39 is 17.8 Å². The van der Waals surface area contributed by atoms with Gasteiger partial charge in [0.05, 0.1) is 0 Å². The Hall–Kier alpha value is 0.500. The summed E-state index contributed by atoms with van der Waals surface area (Å²) in [6, 6.07) is 0. The minimum absolute atomic E-state index is 0.219. The second-order valence-electron chi connectivity index (χ2n) is 4.08. The number of nitrogens with zero attached hydrogens (tertiary/aromatic N) is 1. The third-order valence-electron chi connectivity index (χ3n) is 2.41. The van der Waals surface area contributed by atoms with Crippen molar-refractivity contribution in [3.05, 3.63) is 0 Å². The molecule has 7 heteroatoms. The number of rotatable bonds is 11. The van der Waals surface area contributed by atoms with Gasteiger partial charge in [0.1, 0.15) is 0 Å². The van der Waals surface area contributed by atoms with Gasteiger partial charge in [0.2, 0.25) is 0 Å². The van der Waals surface area contributed by atoms with Gasteiger partial charge < -0.3 is 0 Å². The molecule has 0 radical (unpaired) electrons. The van der Waals surface area contributed by atoms with Gasteiger partial charge in [0.25, 0.3) is 0 Å². The molecular weight excluding hydrogens is 419 g/mol. The van der Waals surface area contributed by atoms with Crippen molar-refractivity contribution in [2.75, 3.05) is 40.5 Å². The Labute approximate surface area is 120 Å². The van der Waals surface area contributed by atoms with E-state index in [2.05, 4.69) is 0 Å². The molecule has 0 bridgehead atoms. The summed E-state index contributed by atoms with van der Waals surface area (Å²) in [4.78, 5) is 1.92. The maximum atomic E-state index is 6.10. The van der Waals surface area contributed by atoms with Gasteiger partial charge >= 0.3 is 120 Å². The van der Waals surface area contributed by atoms with Gasteiger partial charge in [-0.1, -0.05) is 0 Å².